The molecule has 192 valence electrons. The van der Waals surface area contributed by atoms with Gasteiger partial charge in [-0.2, -0.15) is 0 Å². The van der Waals surface area contributed by atoms with Crippen LogP contribution in [-0.2, 0) is 11.2 Å². The van der Waals surface area contributed by atoms with Crippen molar-refractivity contribution in [3.05, 3.63) is 69.8 Å². The maximum Gasteiger partial charge on any atom is 0.270 e. The maximum atomic E-state index is 13.4. The number of methoxy groups -OCH3 is 1. The zero-order valence-corrected chi connectivity index (χ0v) is 20.7. The number of hydrogen-bond acceptors (Lipinski definition) is 6. The molecule has 36 heavy (non-hydrogen) atoms. The first-order valence-corrected chi connectivity index (χ1v) is 12.7. The van der Waals surface area contributed by atoms with E-state index in [1.54, 1.807) is 18.1 Å². The number of carbonyl (C=O) groups is 2. The van der Waals surface area contributed by atoms with Gasteiger partial charge in [0.2, 0.25) is 5.91 Å². The number of carbonyl (C=O) groups excluding carboxylic acids is 2. The molecule has 2 aromatic rings. The fourth-order valence-corrected chi connectivity index (χ4v) is 5.42. The molecule has 0 bridgehead atoms. The number of nitro groups is 1. The van der Waals surface area contributed by atoms with Crippen LogP contribution >= 0.6 is 0 Å². The van der Waals surface area contributed by atoms with Crippen molar-refractivity contribution in [1.29, 1.82) is 0 Å². The number of nitrogens with zero attached hydrogens (tertiary/aromatic N) is 3. The Labute approximate surface area is 211 Å². The summed E-state index contributed by atoms with van der Waals surface area (Å²) in [5.74, 6) is 0.978. The number of para-hydroxylation sites is 1. The number of ether oxygens (including phenoxy) is 1. The van der Waals surface area contributed by atoms with Crippen LogP contribution in [0.15, 0.2) is 48.5 Å². The van der Waals surface area contributed by atoms with E-state index in [2.05, 4.69) is 10.2 Å². The quantitative estimate of drug-likeness (QED) is 0.424. The molecule has 1 N–H and O–H groups in total. The van der Waals surface area contributed by atoms with Gasteiger partial charge in [0.05, 0.1) is 18.1 Å². The van der Waals surface area contributed by atoms with E-state index < -0.39 is 4.92 Å². The minimum absolute atomic E-state index is 0.0512. The summed E-state index contributed by atoms with van der Waals surface area (Å²) < 4.78 is 5.42. The number of hydrogen-bond donors (Lipinski definition) is 1. The highest BCUT2D eigenvalue weighted by molar-refractivity contribution is 5.95. The lowest BCUT2D eigenvalue weighted by Gasteiger charge is -2.40. The van der Waals surface area contributed by atoms with Gasteiger partial charge in [-0.25, -0.2) is 0 Å². The van der Waals surface area contributed by atoms with Crippen LogP contribution in [-0.4, -0.2) is 72.4 Å². The zero-order valence-electron chi connectivity index (χ0n) is 20.7. The standard InChI is InChI=1S/C27H34N4O5/c1-36-24-12-5-4-7-20(24)13-14-28-26(32)25(21-8-2-3-9-21)29-15-17-30(18-16-29)27(33)22-10-6-11-23(19-22)31(34)35/h4-7,10-12,19,21,25H,2-3,8-9,13-18H2,1H3,(H,28,32). The molecule has 9 nitrogen and oxygen atoms in total. The SMILES string of the molecule is COc1ccccc1CCNC(=O)C(C1CCCC1)N1CCN(C(=O)c2cccc([N+](=O)[O-])c2)CC1. The first-order valence-electron chi connectivity index (χ1n) is 12.7. The number of benzene rings is 2. The summed E-state index contributed by atoms with van der Waals surface area (Å²) in [7, 11) is 1.65. The molecular formula is C27H34N4O5. The molecule has 4 rings (SSSR count). The van der Waals surface area contributed by atoms with Crippen molar-refractivity contribution < 1.29 is 19.2 Å². The van der Waals surface area contributed by atoms with Crippen LogP contribution in [0.4, 0.5) is 5.69 Å². The Hall–Kier alpha value is -3.46. The van der Waals surface area contributed by atoms with E-state index in [4.69, 9.17) is 4.74 Å². The highest BCUT2D eigenvalue weighted by atomic mass is 16.6. The molecule has 2 amide bonds. The fraction of sp³-hybridized carbons (Fsp3) is 0.481. The molecule has 0 radical (unpaired) electrons. The Bertz CT molecular complexity index is 1080. The lowest BCUT2D eigenvalue weighted by Crippen LogP contribution is -2.58. The molecular weight excluding hydrogens is 460 g/mol. The van der Waals surface area contributed by atoms with Crippen LogP contribution in [0.5, 0.6) is 5.75 Å². The lowest BCUT2D eigenvalue weighted by atomic mass is 9.94. The summed E-state index contributed by atoms with van der Waals surface area (Å²) in [6, 6.07) is 13.5. The second-order valence-electron chi connectivity index (χ2n) is 9.48. The third-order valence-corrected chi connectivity index (χ3v) is 7.30. The van der Waals surface area contributed by atoms with E-state index in [0.717, 1.165) is 37.0 Å². The molecule has 0 aromatic heterocycles. The van der Waals surface area contributed by atoms with Crippen LogP contribution in [0.2, 0.25) is 0 Å². The number of non-ortho nitro benzene ring substituents is 1. The molecule has 1 saturated heterocycles. The molecule has 0 spiro atoms. The highest BCUT2D eigenvalue weighted by Crippen LogP contribution is 2.31. The molecule has 1 unspecified atom stereocenters. The van der Waals surface area contributed by atoms with Crippen molar-refractivity contribution in [3.63, 3.8) is 0 Å². The second kappa shape index (κ2) is 12.0. The van der Waals surface area contributed by atoms with Gasteiger partial charge in [-0.15, -0.1) is 0 Å². The van der Waals surface area contributed by atoms with Gasteiger partial charge in [-0.3, -0.25) is 24.6 Å². The van der Waals surface area contributed by atoms with Crippen molar-refractivity contribution >= 4 is 17.5 Å². The fourth-order valence-electron chi connectivity index (χ4n) is 5.42. The molecule has 9 heteroatoms. The number of rotatable bonds is 9. The van der Waals surface area contributed by atoms with Gasteiger partial charge in [0.25, 0.3) is 11.6 Å². The van der Waals surface area contributed by atoms with Gasteiger partial charge in [0.15, 0.2) is 0 Å². The minimum atomic E-state index is -0.493. The van der Waals surface area contributed by atoms with E-state index in [9.17, 15) is 19.7 Å². The van der Waals surface area contributed by atoms with Gasteiger partial charge in [0.1, 0.15) is 5.75 Å². The Morgan fingerprint density at radius 1 is 1.08 bits per heavy atom. The first-order chi connectivity index (χ1) is 17.5. The van der Waals surface area contributed by atoms with Gasteiger partial charge >= 0.3 is 0 Å². The zero-order chi connectivity index (χ0) is 25.5. The van der Waals surface area contributed by atoms with Gasteiger partial charge < -0.3 is 15.0 Å². The van der Waals surface area contributed by atoms with Crippen LogP contribution in [0.1, 0.15) is 41.6 Å². The lowest BCUT2D eigenvalue weighted by molar-refractivity contribution is -0.384. The molecule has 1 heterocycles. The van der Waals surface area contributed by atoms with Crippen molar-refractivity contribution in [3.8, 4) is 5.75 Å². The molecule has 1 saturated carbocycles. The largest absolute Gasteiger partial charge is 0.496 e. The van der Waals surface area contributed by atoms with Crippen molar-refractivity contribution in [2.45, 2.75) is 38.1 Å². The normalized spacial score (nSPS) is 17.5. The van der Waals surface area contributed by atoms with Gasteiger partial charge in [-0.05, 0) is 42.9 Å². The average Bonchev–Trinajstić information content (AvgIpc) is 3.43. The molecule has 2 aromatic carbocycles. The minimum Gasteiger partial charge on any atom is -0.496 e. The number of nitrogens with one attached hydrogen (secondary N) is 1. The van der Waals surface area contributed by atoms with E-state index in [-0.39, 0.29) is 23.5 Å². The van der Waals surface area contributed by atoms with Crippen molar-refractivity contribution in [2.24, 2.45) is 5.92 Å². The van der Waals surface area contributed by atoms with Gasteiger partial charge in [0, 0.05) is 50.4 Å². The van der Waals surface area contributed by atoms with E-state index in [0.29, 0.717) is 50.6 Å². The average molecular weight is 495 g/mol. The van der Waals surface area contributed by atoms with E-state index in [1.165, 1.54) is 18.2 Å². The van der Waals surface area contributed by atoms with Crippen LogP contribution in [0, 0.1) is 16.0 Å². The summed E-state index contributed by atoms with van der Waals surface area (Å²) >= 11 is 0. The Morgan fingerprint density at radius 3 is 2.50 bits per heavy atom. The Morgan fingerprint density at radius 2 is 1.81 bits per heavy atom. The summed E-state index contributed by atoms with van der Waals surface area (Å²) in [4.78, 5) is 40.9. The van der Waals surface area contributed by atoms with Crippen molar-refractivity contribution in [2.75, 3.05) is 39.8 Å². The molecule has 1 aliphatic carbocycles. The third kappa shape index (κ3) is 6.02. The van der Waals surface area contributed by atoms with Gasteiger partial charge in [-0.1, -0.05) is 37.1 Å². The summed E-state index contributed by atoms with van der Waals surface area (Å²) in [5.41, 5.74) is 1.29. The summed E-state index contributed by atoms with van der Waals surface area (Å²) in [6.07, 6.45) is 5.05. The predicted molar refractivity (Wildman–Crippen MR) is 136 cm³/mol. The number of piperazine rings is 1. The predicted octanol–water partition coefficient (Wildman–Crippen LogP) is 3.28. The number of nitro benzene ring substituents is 1. The third-order valence-electron chi connectivity index (χ3n) is 7.30. The van der Waals surface area contributed by atoms with Crippen molar-refractivity contribution in [1.82, 2.24) is 15.1 Å². The monoisotopic (exact) mass is 494 g/mol. The molecule has 1 aliphatic heterocycles. The first kappa shape index (κ1) is 25.6. The van der Waals surface area contributed by atoms with Crippen LogP contribution in [0.25, 0.3) is 0 Å². The van der Waals surface area contributed by atoms with E-state index >= 15 is 0 Å². The maximum absolute atomic E-state index is 13.4. The molecule has 2 fully saturated rings. The molecule has 1 atom stereocenters. The molecule has 2 aliphatic rings. The van der Waals surface area contributed by atoms with Crippen LogP contribution in [0.3, 0.4) is 0 Å². The summed E-state index contributed by atoms with van der Waals surface area (Å²) in [5, 5.41) is 14.2. The smallest absolute Gasteiger partial charge is 0.270 e. The number of amides is 2. The summed E-state index contributed by atoms with van der Waals surface area (Å²) in [6.45, 7) is 2.70. The second-order valence-corrected chi connectivity index (χ2v) is 9.48. The van der Waals surface area contributed by atoms with Crippen LogP contribution < -0.4 is 10.1 Å². The topological polar surface area (TPSA) is 105 Å². The Balaban J connectivity index is 1.36. The highest BCUT2D eigenvalue weighted by Gasteiger charge is 2.37. The van der Waals surface area contributed by atoms with E-state index in [1.807, 2.05) is 24.3 Å². The Kier molecular flexibility index (Phi) is 8.53.